The van der Waals surface area contributed by atoms with Gasteiger partial charge < -0.3 is 19.8 Å². The summed E-state index contributed by atoms with van der Waals surface area (Å²) in [6.07, 6.45) is 0. The number of aliphatic hydroxyl groups is 1. The van der Waals surface area contributed by atoms with Crippen LogP contribution >= 0.6 is 11.6 Å². The van der Waals surface area contributed by atoms with Crippen molar-refractivity contribution in [1.29, 1.82) is 0 Å². The molecule has 0 saturated carbocycles. The van der Waals surface area contributed by atoms with Gasteiger partial charge in [-0.3, -0.25) is 9.89 Å². The average Bonchev–Trinajstić information content (AvgIpc) is 3.39. The lowest BCUT2D eigenvalue weighted by atomic mass is 9.95. The SMILES string of the molecule is O=C1c2[nH]nc(-c3cc(Cl)ccc3O)c2C(c2cccc(OCc3ccccc3)c2)N1CCO. The van der Waals surface area contributed by atoms with Crippen LogP contribution in [0.25, 0.3) is 11.3 Å². The van der Waals surface area contributed by atoms with Gasteiger partial charge in [-0.05, 0) is 41.5 Å². The quantitative estimate of drug-likeness (QED) is 0.364. The molecular formula is C26H22ClN3O4. The zero-order valence-electron chi connectivity index (χ0n) is 18.1. The van der Waals surface area contributed by atoms with Crippen LogP contribution in [0, 0.1) is 0 Å². The van der Waals surface area contributed by atoms with E-state index < -0.39 is 6.04 Å². The van der Waals surface area contributed by atoms with Crippen LogP contribution in [-0.2, 0) is 6.61 Å². The van der Waals surface area contributed by atoms with E-state index in [1.165, 1.54) is 6.07 Å². The van der Waals surface area contributed by atoms with Crippen molar-refractivity contribution in [3.05, 3.63) is 100 Å². The largest absolute Gasteiger partial charge is 0.507 e. The minimum absolute atomic E-state index is 0.00505. The molecular weight excluding hydrogens is 454 g/mol. The minimum Gasteiger partial charge on any atom is -0.507 e. The number of rotatable bonds is 7. The Morgan fingerprint density at radius 2 is 1.88 bits per heavy atom. The van der Waals surface area contributed by atoms with E-state index in [9.17, 15) is 15.0 Å². The van der Waals surface area contributed by atoms with E-state index >= 15 is 0 Å². The van der Waals surface area contributed by atoms with Crippen LogP contribution in [0.15, 0.2) is 72.8 Å². The maximum Gasteiger partial charge on any atom is 0.273 e. The van der Waals surface area contributed by atoms with Gasteiger partial charge in [0.05, 0.1) is 12.6 Å². The number of fused-ring (bicyclic) bond motifs is 1. The summed E-state index contributed by atoms with van der Waals surface area (Å²) in [6, 6.07) is 21.5. The standard InChI is InChI=1S/C26H22ClN3O4/c27-18-9-10-21(32)20(14-18)23-22-24(29-28-23)26(33)30(11-12-31)25(22)17-7-4-8-19(13-17)34-15-16-5-2-1-3-6-16/h1-10,13-14,25,31-32H,11-12,15H2,(H,28,29). The molecule has 8 heteroatoms. The van der Waals surface area contributed by atoms with Crippen molar-refractivity contribution >= 4 is 17.5 Å². The number of β-amino-alcohol motifs (C(OH)–C–C–N with tert-alkyl or cyclic N) is 1. The molecule has 0 spiro atoms. The first-order valence-electron chi connectivity index (χ1n) is 10.8. The monoisotopic (exact) mass is 475 g/mol. The minimum atomic E-state index is -0.526. The number of carbonyl (C=O) groups is 1. The number of amides is 1. The van der Waals surface area contributed by atoms with Crippen molar-refractivity contribution in [1.82, 2.24) is 15.1 Å². The van der Waals surface area contributed by atoms with Gasteiger partial charge in [-0.25, -0.2) is 0 Å². The normalized spacial score (nSPS) is 14.9. The fraction of sp³-hybridized carbons (Fsp3) is 0.154. The number of aliphatic hydroxyl groups excluding tert-OH is 1. The molecule has 7 nitrogen and oxygen atoms in total. The molecule has 0 aliphatic carbocycles. The molecule has 3 aromatic carbocycles. The molecule has 3 N–H and O–H groups in total. The number of halogens is 1. The molecule has 1 atom stereocenters. The summed E-state index contributed by atoms with van der Waals surface area (Å²) in [5.41, 5.74) is 3.64. The summed E-state index contributed by atoms with van der Waals surface area (Å²) >= 11 is 6.18. The van der Waals surface area contributed by atoms with E-state index in [0.29, 0.717) is 39.9 Å². The highest BCUT2D eigenvalue weighted by Crippen LogP contribution is 2.45. The lowest BCUT2D eigenvalue weighted by Crippen LogP contribution is -2.32. The van der Waals surface area contributed by atoms with Gasteiger partial charge in [0.1, 0.15) is 29.5 Å². The van der Waals surface area contributed by atoms with E-state index in [4.69, 9.17) is 16.3 Å². The van der Waals surface area contributed by atoms with Crippen molar-refractivity contribution < 1.29 is 19.7 Å². The fourth-order valence-electron chi connectivity index (χ4n) is 4.30. The molecule has 1 aliphatic heterocycles. The van der Waals surface area contributed by atoms with Crippen molar-refractivity contribution in [2.75, 3.05) is 13.2 Å². The lowest BCUT2D eigenvalue weighted by Gasteiger charge is -2.26. The highest BCUT2D eigenvalue weighted by Gasteiger charge is 2.42. The van der Waals surface area contributed by atoms with E-state index in [-0.39, 0.29) is 24.8 Å². The first-order valence-corrected chi connectivity index (χ1v) is 11.2. The Hall–Kier alpha value is -3.81. The van der Waals surface area contributed by atoms with Gasteiger partial charge >= 0.3 is 0 Å². The van der Waals surface area contributed by atoms with Crippen molar-refractivity contribution in [2.45, 2.75) is 12.6 Å². The summed E-state index contributed by atoms with van der Waals surface area (Å²) in [6.45, 7) is 0.358. The maximum absolute atomic E-state index is 13.2. The molecule has 0 bridgehead atoms. The summed E-state index contributed by atoms with van der Waals surface area (Å²) in [5.74, 6) is 0.386. The number of hydrogen-bond donors (Lipinski definition) is 3. The third-order valence-electron chi connectivity index (χ3n) is 5.84. The Labute approximate surface area is 201 Å². The van der Waals surface area contributed by atoms with Gasteiger partial charge in [0, 0.05) is 22.7 Å². The van der Waals surface area contributed by atoms with Gasteiger partial charge in [-0.1, -0.05) is 54.1 Å². The van der Waals surface area contributed by atoms with Crippen LogP contribution in [0.2, 0.25) is 5.02 Å². The second kappa shape index (κ2) is 9.21. The zero-order valence-corrected chi connectivity index (χ0v) is 18.9. The molecule has 1 amide bonds. The summed E-state index contributed by atoms with van der Waals surface area (Å²) < 4.78 is 6.00. The van der Waals surface area contributed by atoms with Crippen molar-refractivity contribution in [3.63, 3.8) is 0 Å². The summed E-state index contributed by atoms with van der Waals surface area (Å²) in [7, 11) is 0. The van der Waals surface area contributed by atoms with Gasteiger partial charge in [-0.2, -0.15) is 5.10 Å². The number of carbonyl (C=O) groups excluding carboxylic acids is 1. The third kappa shape index (κ3) is 4.00. The molecule has 34 heavy (non-hydrogen) atoms. The van der Waals surface area contributed by atoms with Gasteiger partial charge in [-0.15, -0.1) is 0 Å². The number of nitrogens with one attached hydrogen (secondary N) is 1. The molecule has 172 valence electrons. The van der Waals surface area contributed by atoms with Crippen molar-refractivity contribution in [2.24, 2.45) is 0 Å². The number of aromatic nitrogens is 2. The van der Waals surface area contributed by atoms with Crippen LogP contribution < -0.4 is 4.74 Å². The topological polar surface area (TPSA) is 98.7 Å². The molecule has 5 rings (SSSR count). The van der Waals surface area contributed by atoms with Crippen LogP contribution in [-0.4, -0.2) is 44.4 Å². The Balaban J connectivity index is 1.55. The third-order valence-corrected chi connectivity index (χ3v) is 6.08. The molecule has 1 aromatic heterocycles. The number of aromatic hydroxyl groups is 1. The maximum atomic E-state index is 13.2. The number of benzene rings is 3. The predicted molar refractivity (Wildman–Crippen MR) is 128 cm³/mol. The lowest BCUT2D eigenvalue weighted by molar-refractivity contribution is 0.0706. The van der Waals surface area contributed by atoms with E-state index in [0.717, 1.165) is 11.1 Å². The van der Waals surface area contributed by atoms with Gasteiger partial charge in [0.15, 0.2) is 0 Å². The summed E-state index contributed by atoms with van der Waals surface area (Å²) in [5, 5.41) is 27.7. The second-order valence-corrected chi connectivity index (χ2v) is 8.43. The van der Waals surface area contributed by atoms with Crippen LogP contribution in [0.1, 0.15) is 33.2 Å². The van der Waals surface area contributed by atoms with Gasteiger partial charge in [0.25, 0.3) is 5.91 Å². The number of phenols is 1. The fourth-order valence-corrected chi connectivity index (χ4v) is 4.47. The molecule has 1 aliphatic rings. The van der Waals surface area contributed by atoms with Crippen LogP contribution in [0.3, 0.4) is 0 Å². The molecule has 2 heterocycles. The number of aromatic amines is 1. The van der Waals surface area contributed by atoms with Gasteiger partial charge in [0.2, 0.25) is 0 Å². The first kappa shape index (κ1) is 22.0. The Kier molecular flexibility index (Phi) is 5.96. The highest BCUT2D eigenvalue weighted by molar-refractivity contribution is 6.31. The highest BCUT2D eigenvalue weighted by atomic mass is 35.5. The Bertz CT molecular complexity index is 1340. The van der Waals surface area contributed by atoms with E-state index in [2.05, 4.69) is 10.2 Å². The molecule has 4 aromatic rings. The zero-order chi connectivity index (χ0) is 23.7. The number of hydrogen-bond acceptors (Lipinski definition) is 5. The number of nitrogens with zero attached hydrogens (tertiary/aromatic N) is 2. The van der Waals surface area contributed by atoms with Crippen LogP contribution in [0.4, 0.5) is 0 Å². The van der Waals surface area contributed by atoms with E-state index in [1.54, 1.807) is 17.0 Å². The molecule has 0 radical (unpaired) electrons. The van der Waals surface area contributed by atoms with E-state index in [1.807, 2.05) is 54.6 Å². The first-order chi connectivity index (χ1) is 16.6. The second-order valence-electron chi connectivity index (χ2n) is 7.99. The number of ether oxygens (including phenoxy) is 1. The molecule has 1 unspecified atom stereocenters. The Morgan fingerprint density at radius 1 is 1.06 bits per heavy atom. The van der Waals surface area contributed by atoms with Crippen LogP contribution in [0.5, 0.6) is 11.5 Å². The predicted octanol–water partition coefficient (Wildman–Crippen LogP) is 4.55. The average molecular weight is 476 g/mol. The smallest absolute Gasteiger partial charge is 0.273 e. The number of H-pyrrole nitrogens is 1. The summed E-state index contributed by atoms with van der Waals surface area (Å²) in [4.78, 5) is 14.8. The van der Waals surface area contributed by atoms with Crippen molar-refractivity contribution in [3.8, 4) is 22.8 Å². The molecule has 0 saturated heterocycles. The molecule has 0 fully saturated rings. The Morgan fingerprint density at radius 3 is 2.68 bits per heavy atom. The number of phenolic OH excluding ortho intramolecular Hbond substituents is 1.